The topological polar surface area (TPSA) is 115 Å². The van der Waals surface area contributed by atoms with Crippen molar-refractivity contribution in [1.29, 1.82) is 0 Å². The zero-order chi connectivity index (χ0) is 23.9. The normalized spacial score (nSPS) is 15.6. The molecule has 1 amide bonds. The predicted octanol–water partition coefficient (Wildman–Crippen LogP) is 2.96. The van der Waals surface area contributed by atoms with Crippen molar-refractivity contribution in [3.8, 4) is 11.5 Å². The van der Waals surface area contributed by atoms with Crippen molar-refractivity contribution in [2.24, 2.45) is 0 Å². The van der Waals surface area contributed by atoms with E-state index in [4.69, 9.17) is 26.1 Å². The lowest BCUT2D eigenvalue weighted by molar-refractivity contribution is 0.0711. The monoisotopic (exact) mass is 492 g/mol. The average Bonchev–Trinajstić information content (AvgIpc) is 3.51. The third kappa shape index (κ3) is 4.10. The van der Waals surface area contributed by atoms with Gasteiger partial charge in [-0.25, -0.2) is 9.67 Å². The number of rotatable bonds is 4. The molecule has 0 saturated carbocycles. The Morgan fingerprint density at radius 2 is 1.94 bits per heavy atom. The second-order valence-electron chi connectivity index (χ2n) is 8.63. The number of nitrogens with one attached hydrogen (secondary N) is 1. The molecule has 11 heteroatoms. The highest BCUT2D eigenvalue weighted by molar-refractivity contribution is 6.30. The minimum absolute atomic E-state index is 0.0180. The summed E-state index contributed by atoms with van der Waals surface area (Å²) in [6.07, 6.45) is 1.37. The number of nitrogens with zero attached hydrogens (tertiary/aromatic N) is 5. The first kappa shape index (κ1) is 21.6. The van der Waals surface area contributed by atoms with Crippen LogP contribution in [0.25, 0.3) is 11.2 Å². The minimum Gasteiger partial charge on any atom is -0.454 e. The fraction of sp³-hybridized carbons (Fsp3) is 0.292. The predicted molar refractivity (Wildman–Crippen MR) is 127 cm³/mol. The number of hydrogen-bond acceptors (Lipinski definition) is 7. The molecule has 1 saturated heterocycles. The largest absolute Gasteiger partial charge is 0.454 e. The van der Waals surface area contributed by atoms with Gasteiger partial charge in [0, 0.05) is 29.6 Å². The molecule has 4 aromatic rings. The van der Waals surface area contributed by atoms with E-state index in [1.54, 1.807) is 28.9 Å². The highest BCUT2D eigenvalue weighted by Crippen LogP contribution is 2.33. The van der Waals surface area contributed by atoms with Crippen LogP contribution in [-0.4, -0.2) is 55.7 Å². The molecule has 1 N–H and O–H groups in total. The molecular weight excluding hydrogens is 472 g/mol. The molecule has 0 atom stereocenters. The van der Waals surface area contributed by atoms with E-state index < -0.39 is 0 Å². The number of fused-ring (bicyclic) bond motifs is 2. The Bertz CT molecular complexity index is 1490. The van der Waals surface area contributed by atoms with Crippen LogP contribution in [0.1, 0.15) is 40.5 Å². The lowest BCUT2D eigenvalue weighted by atomic mass is 9.95. The molecule has 0 aliphatic carbocycles. The zero-order valence-corrected chi connectivity index (χ0v) is 19.4. The van der Waals surface area contributed by atoms with Gasteiger partial charge in [0.2, 0.25) is 6.79 Å². The van der Waals surface area contributed by atoms with Crippen LogP contribution in [0, 0.1) is 0 Å². The molecule has 0 unspecified atom stereocenters. The summed E-state index contributed by atoms with van der Waals surface area (Å²) in [5.74, 6) is 1.94. The highest BCUT2D eigenvalue weighted by Gasteiger charge is 2.27. The summed E-state index contributed by atoms with van der Waals surface area (Å²) in [6.45, 7) is 1.71. The van der Waals surface area contributed by atoms with Gasteiger partial charge in [-0.3, -0.25) is 9.59 Å². The molecule has 2 aromatic heterocycles. The summed E-state index contributed by atoms with van der Waals surface area (Å²) >= 11 is 6.04. The molecule has 10 nitrogen and oxygen atoms in total. The standard InChI is InChI=1S/C24H21ClN6O4/c25-17-3-1-2-16(11-17)24(33)30-8-6-15(7-9-30)21-26-22-20(23(32)27-21)28-29-31(22)12-14-4-5-18-19(10-14)35-13-34-18/h1-5,10-11,15H,6-9,12-13H2,(H,26,27,32). The third-order valence-electron chi connectivity index (χ3n) is 6.40. The van der Waals surface area contributed by atoms with Gasteiger partial charge in [-0.2, -0.15) is 0 Å². The Hall–Kier alpha value is -3.92. The molecule has 35 heavy (non-hydrogen) atoms. The summed E-state index contributed by atoms with van der Waals surface area (Å²) in [5.41, 5.74) is 1.81. The second-order valence-corrected chi connectivity index (χ2v) is 9.07. The number of H-pyrrole nitrogens is 1. The van der Waals surface area contributed by atoms with E-state index in [-0.39, 0.29) is 29.7 Å². The number of carbonyl (C=O) groups is 1. The van der Waals surface area contributed by atoms with Gasteiger partial charge in [-0.05, 0) is 48.7 Å². The maximum absolute atomic E-state index is 12.8. The Morgan fingerprint density at radius 3 is 2.77 bits per heavy atom. The third-order valence-corrected chi connectivity index (χ3v) is 6.64. The average molecular weight is 493 g/mol. The number of aromatic amines is 1. The maximum atomic E-state index is 12.8. The molecule has 0 spiro atoms. The maximum Gasteiger partial charge on any atom is 0.281 e. The molecule has 2 aliphatic rings. The van der Waals surface area contributed by atoms with Gasteiger partial charge in [0.05, 0.1) is 6.54 Å². The number of benzene rings is 2. The summed E-state index contributed by atoms with van der Waals surface area (Å²) in [4.78, 5) is 35.0. The number of amides is 1. The Kier molecular flexibility index (Phi) is 5.37. The number of halogens is 1. The van der Waals surface area contributed by atoms with E-state index >= 15 is 0 Å². The zero-order valence-electron chi connectivity index (χ0n) is 18.6. The first-order valence-corrected chi connectivity index (χ1v) is 11.7. The summed E-state index contributed by atoms with van der Waals surface area (Å²) in [7, 11) is 0. The molecule has 178 valence electrons. The number of carbonyl (C=O) groups excluding carboxylic acids is 1. The molecule has 0 bridgehead atoms. The quantitative estimate of drug-likeness (QED) is 0.465. The number of piperidine rings is 1. The van der Waals surface area contributed by atoms with Gasteiger partial charge in [-0.15, -0.1) is 5.10 Å². The first-order chi connectivity index (χ1) is 17.0. The number of ether oxygens (including phenoxy) is 2. The molecule has 1 fully saturated rings. The van der Waals surface area contributed by atoms with Crippen LogP contribution in [-0.2, 0) is 6.54 Å². The van der Waals surface area contributed by atoms with E-state index in [9.17, 15) is 9.59 Å². The van der Waals surface area contributed by atoms with Gasteiger partial charge in [-0.1, -0.05) is 28.9 Å². The Labute approximate surface area is 204 Å². The van der Waals surface area contributed by atoms with E-state index in [0.717, 1.165) is 5.56 Å². The van der Waals surface area contributed by atoms with Crippen molar-refractivity contribution in [3.05, 3.63) is 74.8 Å². The van der Waals surface area contributed by atoms with Crippen LogP contribution in [0.2, 0.25) is 5.02 Å². The van der Waals surface area contributed by atoms with Crippen molar-refractivity contribution in [2.45, 2.75) is 25.3 Å². The molecule has 6 rings (SSSR count). The Balaban J connectivity index is 1.21. The van der Waals surface area contributed by atoms with Crippen LogP contribution in [0.5, 0.6) is 11.5 Å². The summed E-state index contributed by atoms with van der Waals surface area (Å²) < 4.78 is 12.4. The van der Waals surface area contributed by atoms with Crippen LogP contribution in [0.4, 0.5) is 0 Å². The van der Waals surface area contributed by atoms with Gasteiger partial charge in [0.1, 0.15) is 5.82 Å². The van der Waals surface area contributed by atoms with Crippen molar-refractivity contribution in [1.82, 2.24) is 29.9 Å². The first-order valence-electron chi connectivity index (χ1n) is 11.3. The van der Waals surface area contributed by atoms with E-state index in [1.165, 1.54) is 0 Å². The van der Waals surface area contributed by atoms with Crippen molar-refractivity contribution in [3.63, 3.8) is 0 Å². The SMILES string of the molecule is O=C(c1cccc(Cl)c1)N1CCC(c2nc3c(nnn3Cc3ccc4c(c3)OCO4)c(=O)[nH]2)CC1. The van der Waals surface area contributed by atoms with Gasteiger partial charge in [0.25, 0.3) is 11.5 Å². The number of hydrogen-bond donors (Lipinski definition) is 1. The van der Waals surface area contributed by atoms with Crippen LogP contribution < -0.4 is 15.0 Å². The molecule has 4 heterocycles. The van der Waals surface area contributed by atoms with Gasteiger partial charge >= 0.3 is 0 Å². The van der Waals surface area contributed by atoms with Crippen LogP contribution >= 0.6 is 11.6 Å². The van der Waals surface area contributed by atoms with Crippen molar-refractivity contribution in [2.75, 3.05) is 19.9 Å². The molecule has 2 aromatic carbocycles. The summed E-state index contributed by atoms with van der Waals surface area (Å²) in [6, 6.07) is 12.6. The fourth-order valence-electron chi connectivity index (χ4n) is 4.56. The Morgan fingerprint density at radius 1 is 1.11 bits per heavy atom. The number of likely N-dealkylation sites (tertiary alicyclic amines) is 1. The van der Waals surface area contributed by atoms with Crippen LogP contribution in [0.15, 0.2) is 47.3 Å². The van der Waals surface area contributed by atoms with Gasteiger partial charge < -0.3 is 19.4 Å². The number of aromatic nitrogens is 5. The van der Waals surface area contributed by atoms with Crippen molar-refractivity contribution >= 4 is 28.7 Å². The minimum atomic E-state index is -0.320. The second kappa shape index (κ2) is 8.70. The highest BCUT2D eigenvalue weighted by atomic mass is 35.5. The van der Waals surface area contributed by atoms with E-state index in [2.05, 4.69) is 15.3 Å². The van der Waals surface area contributed by atoms with Crippen LogP contribution in [0.3, 0.4) is 0 Å². The van der Waals surface area contributed by atoms with Gasteiger partial charge in [0.15, 0.2) is 22.7 Å². The lowest BCUT2D eigenvalue weighted by Gasteiger charge is -2.31. The van der Waals surface area contributed by atoms with E-state index in [1.807, 2.05) is 23.1 Å². The molecule has 0 radical (unpaired) electrons. The van der Waals surface area contributed by atoms with Crippen molar-refractivity contribution < 1.29 is 14.3 Å². The molecule has 2 aliphatic heterocycles. The fourth-order valence-corrected chi connectivity index (χ4v) is 4.75. The smallest absolute Gasteiger partial charge is 0.281 e. The summed E-state index contributed by atoms with van der Waals surface area (Å²) in [5, 5.41) is 8.73. The van der Waals surface area contributed by atoms with E-state index in [0.29, 0.717) is 66.0 Å². The lowest BCUT2D eigenvalue weighted by Crippen LogP contribution is -2.38. The molecular formula is C24H21ClN6O4.